The normalized spacial score (nSPS) is 15.2. The van der Waals surface area contributed by atoms with Crippen molar-refractivity contribution in [1.82, 2.24) is 4.90 Å². The van der Waals surface area contributed by atoms with Crippen LogP contribution in [-0.2, 0) is 6.54 Å². The minimum Gasteiger partial charge on any atom is -0.465 e. The number of piperidine rings is 1. The van der Waals surface area contributed by atoms with Gasteiger partial charge in [0.1, 0.15) is 0 Å². The van der Waals surface area contributed by atoms with E-state index in [1.165, 1.54) is 5.56 Å². The lowest BCUT2D eigenvalue weighted by atomic mass is 9.98. The summed E-state index contributed by atoms with van der Waals surface area (Å²) < 4.78 is 0. The minimum atomic E-state index is -0.880. The van der Waals surface area contributed by atoms with Crippen LogP contribution in [0.5, 0.6) is 0 Å². The van der Waals surface area contributed by atoms with Crippen LogP contribution in [-0.4, -0.2) is 35.2 Å². The smallest absolute Gasteiger partial charge is 0.412 e. The quantitative estimate of drug-likeness (QED) is 0.629. The van der Waals surface area contributed by atoms with Gasteiger partial charge >= 0.3 is 6.09 Å². The second-order valence-corrected chi connectivity index (χ2v) is 7.53. The second-order valence-electron chi connectivity index (χ2n) is 7.53. The van der Waals surface area contributed by atoms with Crippen molar-refractivity contribution < 1.29 is 9.90 Å². The first-order valence-corrected chi connectivity index (χ1v) is 10.2. The standard InChI is InChI=1S/C25H26N2O2/c28-25(29)27(24-14-8-7-13-23(24)21-11-5-2-6-12-21)22-15-17-26(18-16-22)19-20-9-3-1-4-10-20/h1-14,22H,15-19H2,(H,28,29). The molecular formula is C25H26N2O2. The van der Waals surface area contributed by atoms with Gasteiger partial charge in [-0.05, 0) is 30.0 Å². The Balaban J connectivity index is 1.52. The summed E-state index contributed by atoms with van der Waals surface area (Å²) in [4.78, 5) is 16.3. The van der Waals surface area contributed by atoms with Gasteiger partial charge in [-0.25, -0.2) is 4.79 Å². The highest BCUT2D eigenvalue weighted by atomic mass is 16.4. The number of benzene rings is 3. The largest absolute Gasteiger partial charge is 0.465 e. The van der Waals surface area contributed by atoms with Crippen molar-refractivity contribution in [2.24, 2.45) is 0 Å². The lowest BCUT2D eigenvalue weighted by Crippen LogP contribution is -2.47. The van der Waals surface area contributed by atoms with E-state index in [9.17, 15) is 9.90 Å². The Labute approximate surface area is 172 Å². The molecule has 3 aromatic rings. The molecule has 1 aliphatic rings. The number of anilines is 1. The van der Waals surface area contributed by atoms with Gasteiger partial charge < -0.3 is 5.11 Å². The molecule has 3 aromatic carbocycles. The van der Waals surface area contributed by atoms with Crippen LogP contribution in [0.4, 0.5) is 10.5 Å². The van der Waals surface area contributed by atoms with Crippen LogP contribution in [0.1, 0.15) is 18.4 Å². The number of rotatable bonds is 5. The average Bonchev–Trinajstić information content (AvgIpc) is 2.77. The van der Waals surface area contributed by atoms with Crippen LogP contribution in [0.15, 0.2) is 84.9 Å². The van der Waals surface area contributed by atoms with Crippen molar-refractivity contribution in [3.8, 4) is 11.1 Å². The Morgan fingerprint density at radius 1 is 0.862 bits per heavy atom. The van der Waals surface area contributed by atoms with E-state index in [2.05, 4.69) is 29.2 Å². The van der Waals surface area contributed by atoms with E-state index in [0.717, 1.165) is 49.3 Å². The van der Waals surface area contributed by atoms with Crippen LogP contribution in [0.25, 0.3) is 11.1 Å². The average molecular weight is 386 g/mol. The number of amides is 1. The van der Waals surface area contributed by atoms with Crippen LogP contribution >= 0.6 is 0 Å². The first kappa shape index (κ1) is 19.2. The molecule has 0 saturated carbocycles. The summed E-state index contributed by atoms with van der Waals surface area (Å²) in [5.41, 5.74) is 4.07. The fraction of sp³-hybridized carbons (Fsp3) is 0.240. The number of para-hydroxylation sites is 1. The van der Waals surface area contributed by atoms with E-state index < -0.39 is 6.09 Å². The van der Waals surface area contributed by atoms with E-state index in [4.69, 9.17) is 0 Å². The SMILES string of the molecule is O=C(O)N(c1ccccc1-c1ccccc1)C1CCN(Cc2ccccc2)CC1. The summed E-state index contributed by atoms with van der Waals surface area (Å²) >= 11 is 0. The summed E-state index contributed by atoms with van der Waals surface area (Å²) in [5, 5.41) is 10.1. The summed E-state index contributed by atoms with van der Waals surface area (Å²) in [6, 6.07) is 28.3. The molecule has 1 saturated heterocycles. The number of carbonyl (C=O) groups is 1. The van der Waals surface area contributed by atoms with Gasteiger partial charge in [0.2, 0.25) is 0 Å². The number of likely N-dealkylation sites (tertiary alicyclic amines) is 1. The second kappa shape index (κ2) is 8.93. The van der Waals surface area contributed by atoms with E-state index in [0.29, 0.717) is 0 Å². The predicted molar refractivity (Wildman–Crippen MR) is 117 cm³/mol. The third-order valence-corrected chi connectivity index (χ3v) is 5.63. The molecule has 0 radical (unpaired) electrons. The van der Waals surface area contributed by atoms with Crippen LogP contribution in [0, 0.1) is 0 Å². The van der Waals surface area contributed by atoms with E-state index in [-0.39, 0.29) is 6.04 Å². The first-order valence-electron chi connectivity index (χ1n) is 10.2. The highest BCUT2D eigenvalue weighted by Crippen LogP contribution is 2.34. The monoisotopic (exact) mass is 386 g/mol. The Morgan fingerprint density at radius 2 is 1.45 bits per heavy atom. The molecule has 4 heteroatoms. The number of nitrogens with zero attached hydrogens (tertiary/aromatic N) is 2. The van der Waals surface area contributed by atoms with Gasteiger partial charge in [0.25, 0.3) is 0 Å². The van der Waals surface area contributed by atoms with Crippen molar-refractivity contribution in [2.45, 2.75) is 25.4 Å². The first-order chi connectivity index (χ1) is 14.2. The third kappa shape index (κ3) is 4.49. The third-order valence-electron chi connectivity index (χ3n) is 5.63. The maximum atomic E-state index is 12.3. The topological polar surface area (TPSA) is 43.8 Å². The molecule has 0 spiro atoms. The molecule has 1 aliphatic heterocycles. The van der Waals surface area contributed by atoms with Crippen LogP contribution in [0.3, 0.4) is 0 Å². The molecule has 0 unspecified atom stereocenters. The van der Waals surface area contributed by atoms with Gasteiger partial charge in [0.15, 0.2) is 0 Å². The zero-order valence-corrected chi connectivity index (χ0v) is 16.4. The molecule has 0 aliphatic carbocycles. The molecule has 1 amide bonds. The molecule has 148 valence electrons. The molecular weight excluding hydrogens is 360 g/mol. The molecule has 0 atom stereocenters. The summed E-state index contributed by atoms with van der Waals surface area (Å²) in [7, 11) is 0. The number of hydrogen-bond acceptors (Lipinski definition) is 2. The Hall–Kier alpha value is -3.11. The van der Waals surface area contributed by atoms with Gasteiger partial charge in [-0.2, -0.15) is 0 Å². The fourth-order valence-electron chi connectivity index (χ4n) is 4.18. The zero-order valence-electron chi connectivity index (χ0n) is 16.4. The summed E-state index contributed by atoms with van der Waals surface area (Å²) in [6.07, 6.45) is 0.791. The van der Waals surface area contributed by atoms with Crippen molar-refractivity contribution in [3.05, 3.63) is 90.5 Å². The molecule has 1 N–H and O–H groups in total. The van der Waals surface area contributed by atoms with Crippen molar-refractivity contribution in [1.29, 1.82) is 0 Å². The minimum absolute atomic E-state index is 0.00983. The lowest BCUT2D eigenvalue weighted by molar-refractivity contribution is 0.179. The highest BCUT2D eigenvalue weighted by molar-refractivity contribution is 5.93. The number of carboxylic acid groups (broad SMARTS) is 1. The van der Waals surface area contributed by atoms with Gasteiger partial charge in [0.05, 0.1) is 5.69 Å². The van der Waals surface area contributed by atoms with Crippen LogP contribution < -0.4 is 4.90 Å². The molecule has 4 nitrogen and oxygen atoms in total. The van der Waals surface area contributed by atoms with Gasteiger partial charge in [-0.15, -0.1) is 0 Å². The van der Waals surface area contributed by atoms with E-state index in [1.54, 1.807) is 4.90 Å². The lowest BCUT2D eigenvalue weighted by Gasteiger charge is -2.38. The predicted octanol–water partition coefficient (Wildman–Crippen LogP) is 5.50. The molecule has 0 bridgehead atoms. The maximum Gasteiger partial charge on any atom is 0.412 e. The Morgan fingerprint density at radius 3 is 2.10 bits per heavy atom. The van der Waals surface area contributed by atoms with Gasteiger partial charge in [-0.3, -0.25) is 9.80 Å². The highest BCUT2D eigenvalue weighted by Gasteiger charge is 2.30. The van der Waals surface area contributed by atoms with Crippen molar-refractivity contribution in [3.63, 3.8) is 0 Å². The maximum absolute atomic E-state index is 12.3. The van der Waals surface area contributed by atoms with Crippen LogP contribution in [0.2, 0.25) is 0 Å². The summed E-state index contributed by atoms with van der Waals surface area (Å²) in [6.45, 7) is 2.72. The molecule has 0 aromatic heterocycles. The fourth-order valence-corrected chi connectivity index (χ4v) is 4.18. The molecule has 1 heterocycles. The van der Waals surface area contributed by atoms with Gasteiger partial charge in [-0.1, -0.05) is 78.9 Å². The number of hydrogen-bond donors (Lipinski definition) is 1. The summed E-state index contributed by atoms with van der Waals surface area (Å²) in [5.74, 6) is 0. The van der Waals surface area contributed by atoms with E-state index in [1.807, 2.05) is 60.7 Å². The zero-order chi connectivity index (χ0) is 20.1. The van der Waals surface area contributed by atoms with Crippen molar-refractivity contribution in [2.75, 3.05) is 18.0 Å². The Kier molecular flexibility index (Phi) is 5.92. The van der Waals surface area contributed by atoms with Gasteiger partial charge in [0, 0.05) is 31.2 Å². The molecule has 29 heavy (non-hydrogen) atoms. The van der Waals surface area contributed by atoms with E-state index >= 15 is 0 Å². The Bertz CT molecular complexity index is 935. The molecule has 1 fully saturated rings. The molecule has 4 rings (SSSR count). The van der Waals surface area contributed by atoms with Crippen molar-refractivity contribution >= 4 is 11.8 Å².